The van der Waals surface area contributed by atoms with Crippen LogP contribution in [0.25, 0.3) is 0 Å². The molecule has 0 spiro atoms. The molecule has 156 valence electrons. The summed E-state index contributed by atoms with van der Waals surface area (Å²) in [7, 11) is -1.32. The van der Waals surface area contributed by atoms with Gasteiger partial charge < -0.3 is 15.1 Å². The highest BCUT2D eigenvalue weighted by molar-refractivity contribution is 7.88. The number of carbonyl (C=O) groups is 1. The molecule has 28 heavy (non-hydrogen) atoms. The zero-order chi connectivity index (χ0) is 20.3. The normalized spacial score (nSPS) is 19.5. The van der Waals surface area contributed by atoms with Crippen LogP contribution in [-0.2, 0) is 10.0 Å². The Kier molecular flexibility index (Phi) is 6.44. The van der Waals surface area contributed by atoms with Crippen LogP contribution in [0.3, 0.4) is 0 Å². The van der Waals surface area contributed by atoms with Crippen LogP contribution in [0.2, 0.25) is 0 Å². The zero-order valence-electron chi connectivity index (χ0n) is 16.5. The molecule has 7 nitrogen and oxygen atoms in total. The highest BCUT2D eigenvalue weighted by Gasteiger charge is 2.26. The van der Waals surface area contributed by atoms with Crippen LogP contribution in [0.4, 0.5) is 20.6 Å². The Morgan fingerprint density at radius 2 is 1.79 bits per heavy atom. The average molecular weight is 413 g/mol. The summed E-state index contributed by atoms with van der Waals surface area (Å²) >= 11 is 0. The number of halogens is 1. The summed E-state index contributed by atoms with van der Waals surface area (Å²) in [5.74, 6) is -0.354. The molecule has 0 unspecified atom stereocenters. The first-order valence-electron chi connectivity index (χ1n) is 9.79. The number of rotatable bonds is 4. The topological polar surface area (TPSA) is 73.0 Å². The lowest BCUT2D eigenvalue weighted by atomic mass is 9.94. The van der Waals surface area contributed by atoms with E-state index >= 15 is 0 Å². The van der Waals surface area contributed by atoms with Crippen LogP contribution >= 0.6 is 0 Å². The fourth-order valence-corrected chi connectivity index (χ4v) is 4.79. The molecule has 3 rings (SSSR count). The number of sulfonamides is 1. The van der Waals surface area contributed by atoms with Crippen molar-refractivity contribution in [3.63, 3.8) is 0 Å². The van der Waals surface area contributed by atoms with Crippen molar-refractivity contribution < 1.29 is 17.6 Å². The van der Waals surface area contributed by atoms with Gasteiger partial charge in [0.1, 0.15) is 5.82 Å². The Balaban J connectivity index is 1.59. The van der Waals surface area contributed by atoms with Crippen LogP contribution in [0.5, 0.6) is 0 Å². The molecule has 1 aliphatic heterocycles. The molecule has 1 saturated carbocycles. The minimum Gasteiger partial charge on any atom is -0.369 e. The third-order valence-corrected chi connectivity index (χ3v) is 7.00. The van der Waals surface area contributed by atoms with E-state index in [0.717, 1.165) is 19.1 Å². The number of hydrogen-bond acceptors (Lipinski definition) is 4. The van der Waals surface area contributed by atoms with Gasteiger partial charge in [-0.1, -0.05) is 19.3 Å². The van der Waals surface area contributed by atoms with Gasteiger partial charge in [-0.05, 0) is 31.0 Å². The predicted octanol–water partition coefficient (Wildman–Crippen LogP) is 2.70. The lowest BCUT2D eigenvalue weighted by Gasteiger charge is -2.34. The first-order valence-corrected chi connectivity index (χ1v) is 11.6. The molecular formula is C19H29FN4O3S. The highest BCUT2D eigenvalue weighted by Crippen LogP contribution is 2.29. The van der Waals surface area contributed by atoms with Gasteiger partial charge in [0.15, 0.2) is 0 Å². The Morgan fingerprint density at radius 1 is 1.14 bits per heavy atom. The minimum atomic E-state index is -3.24. The summed E-state index contributed by atoms with van der Waals surface area (Å²) in [6.07, 6.45) is 6.92. The van der Waals surface area contributed by atoms with Crippen LogP contribution in [0.15, 0.2) is 18.2 Å². The number of amides is 2. The number of piperazine rings is 1. The monoisotopic (exact) mass is 412 g/mol. The Labute approximate surface area is 166 Å². The third-order valence-electron chi connectivity index (χ3n) is 5.70. The fourth-order valence-electron chi connectivity index (χ4n) is 3.96. The van der Waals surface area contributed by atoms with E-state index in [9.17, 15) is 17.6 Å². The van der Waals surface area contributed by atoms with Gasteiger partial charge in [0.2, 0.25) is 10.0 Å². The summed E-state index contributed by atoms with van der Waals surface area (Å²) in [6.45, 7) is 1.16. The number of urea groups is 1. The molecule has 2 amide bonds. The summed E-state index contributed by atoms with van der Waals surface area (Å²) < 4.78 is 39.1. The molecule has 9 heteroatoms. The lowest BCUT2D eigenvalue weighted by molar-refractivity contribution is 0.184. The molecule has 1 saturated heterocycles. The van der Waals surface area contributed by atoms with Crippen molar-refractivity contribution in [1.82, 2.24) is 9.21 Å². The molecule has 0 aromatic heterocycles. The van der Waals surface area contributed by atoms with E-state index in [1.807, 2.05) is 11.9 Å². The first kappa shape index (κ1) is 20.9. The van der Waals surface area contributed by atoms with E-state index in [2.05, 4.69) is 5.32 Å². The summed E-state index contributed by atoms with van der Waals surface area (Å²) in [6, 6.07) is 4.78. The average Bonchev–Trinajstić information content (AvgIpc) is 2.68. The minimum absolute atomic E-state index is 0.270. The van der Waals surface area contributed by atoms with E-state index < -0.39 is 10.0 Å². The Hall–Kier alpha value is -1.87. The quantitative estimate of drug-likeness (QED) is 0.825. The van der Waals surface area contributed by atoms with Gasteiger partial charge in [0, 0.05) is 45.0 Å². The molecule has 0 bridgehead atoms. The smallest absolute Gasteiger partial charge is 0.321 e. The van der Waals surface area contributed by atoms with Crippen molar-refractivity contribution in [3.05, 3.63) is 24.0 Å². The molecule has 1 heterocycles. The van der Waals surface area contributed by atoms with Gasteiger partial charge in [-0.3, -0.25) is 0 Å². The second kappa shape index (κ2) is 8.65. The van der Waals surface area contributed by atoms with Crippen LogP contribution in [-0.4, -0.2) is 69.2 Å². The van der Waals surface area contributed by atoms with Crippen LogP contribution in [0, 0.1) is 5.82 Å². The number of anilines is 2. The number of benzene rings is 1. The van der Waals surface area contributed by atoms with Gasteiger partial charge in [-0.2, -0.15) is 4.31 Å². The van der Waals surface area contributed by atoms with Crippen molar-refractivity contribution in [3.8, 4) is 0 Å². The standard InChI is InChI=1S/C19H29FN4O3S/c1-22(16-6-4-3-5-7-16)18-9-8-15(14-17(18)20)21-19(25)23-10-12-24(13-11-23)28(2,26)27/h8-9,14,16H,3-7,10-13H2,1-2H3,(H,21,25). The maximum Gasteiger partial charge on any atom is 0.321 e. The molecule has 1 aromatic carbocycles. The maximum atomic E-state index is 14.7. The van der Waals surface area contributed by atoms with Gasteiger partial charge in [-0.15, -0.1) is 0 Å². The SMILES string of the molecule is CN(c1ccc(NC(=O)N2CCN(S(C)(=O)=O)CC2)cc1F)C1CCCCC1. The number of nitrogens with one attached hydrogen (secondary N) is 1. The fraction of sp³-hybridized carbons (Fsp3) is 0.632. The van der Waals surface area contributed by atoms with E-state index in [4.69, 9.17) is 0 Å². The van der Waals surface area contributed by atoms with E-state index in [1.165, 1.54) is 29.6 Å². The highest BCUT2D eigenvalue weighted by atomic mass is 32.2. The molecule has 1 N–H and O–H groups in total. The lowest BCUT2D eigenvalue weighted by Crippen LogP contribution is -2.51. The molecule has 1 aromatic rings. The van der Waals surface area contributed by atoms with Gasteiger partial charge in [0.05, 0.1) is 11.9 Å². The van der Waals surface area contributed by atoms with E-state index in [1.54, 1.807) is 17.0 Å². The largest absolute Gasteiger partial charge is 0.369 e. The van der Waals surface area contributed by atoms with E-state index in [0.29, 0.717) is 30.5 Å². The summed E-state index contributed by atoms with van der Waals surface area (Å²) in [4.78, 5) is 16.0. The summed E-state index contributed by atoms with van der Waals surface area (Å²) in [5.41, 5.74) is 0.945. The Morgan fingerprint density at radius 3 is 2.36 bits per heavy atom. The van der Waals surface area contributed by atoms with Crippen molar-refractivity contribution in [2.45, 2.75) is 38.1 Å². The first-order chi connectivity index (χ1) is 13.3. The van der Waals surface area contributed by atoms with Crippen LogP contribution in [0.1, 0.15) is 32.1 Å². The molecule has 0 atom stereocenters. The predicted molar refractivity (Wildman–Crippen MR) is 109 cm³/mol. The molecule has 0 radical (unpaired) electrons. The number of carbonyl (C=O) groups excluding carboxylic acids is 1. The van der Waals surface area contributed by atoms with Crippen LogP contribution < -0.4 is 10.2 Å². The molecule has 2 aliphatic rings. The van der Waals surface area contributed by atoms with Gasteiger partial charge in [-0.25, -0.2) is 17.6 Å². The third kappa shape index (κ3) is 4.94. The van der Waals surface area contributed by atoms with Crippen molar-refractivity contribution in [2.24, 2.45) is 0 Å². The Bertz CT molecular complexity index is 803. The van der Waals surface area contributed by atoms with E-state index in [-0.39, 0.29) is 24.9 Å². The van der Waals surface area contributed by atoms with Gasteiger partial charge >= 0.3 is 6.03 Å². The van der Waals surface area contributed by atoms with Crippen molar-refractivity contribution in [1.29, 1.82) is 0 Å². The van der Waals surface area contributed by atoms with Crippen molar-refractivity contribution >= 4 is 27.4 Å². The zero-order valence-corrected chi connectivity index (χ0v) is 17.3. The summed E-state index contributed by atoms with van der Waals surface area (Å²) in [5, 5.41) is 2.71. The molecule has 1 aliphatic carbocycles. The maximum absolute atomic E-state index is 14.7. The molecular weight excluding hydrogens is 383 g/mol. The van der Waals surface area contributed by atoms with Gasteiger partial charge in [0.25, 0.3) is 0 Å². The van der Waals surface area contributed by atoms with Crippen molar-refractivity contribution in [2.75, 3.05) is 49.7 Å². The number of nitrogens with zero attached hydrogens (tertiary/aromatic N) is 3. The number of hydrogen-bond donors (Lipinski definition) is 1. The second-order valence-corrected chi connectivity index (χ2v) is 9.63. The second-order valence-electron chi connectivity index (χ2n) is 7.65. The molecule has 2 fully saturated rings.